The van der Waals surface area contributed by atoms with Crippen LogP contribution in [0.25, 0.3) is 0 Å². The Morgan fingerprint density at radius 3 is 2.50 bits per heavy atom. The van der Waals surface area contributed by atoms with Crippen LogP contribution in [-0.2, 0) is 0 Å². The van der Waals surface area contributed by atoms with E-state index in [2.05, 4.69) is 6.92 Å². The van der Waals surface area contributed by atoms with Gasteiger partial charge in [-0.05, 0) is 36.4 Å². The van der Waals surface area contributed by atoms with Gasteiger partial charge in [0.1, 0.15) is 17.6 Å². The highest BCUT2D eigenvalue weighted by molar-refractivity contribution is 6.63. The highest BCUT2D eigenvalue weighted by Gasteiger charge is 2.32. The van der Waals surface area contributed by atoms with Crippen molar-refractivity contribution < 1.29 is 9.13 Å². The van der Waals surface area contributed by atoms with E-state index in [1.54, 1.807) is 37.0 Å². The van der Waals surface area contributed by atoms with Crippen LogP contribution < -0.4 is 4.74 Å². The van der Waals surface area contributed by atoms with Gasteiger partial charge in [0.2, 0.25) is 0 Å². The van der Waals surface area contributed by atoms with Crippen LogP contribution >= 0.6 is 0 Å². The average molecular weight is 418 g/mol. The van der Waals surface area contributed by atoms with Gasteiger partial charge in [-0.3, -0.25) is 0 Å². The summed E-state index contributed by atoms with van der Waals surface area (Å²) in [6.07, 6.45) is 10.1. The van der Waals surface area contributed by atoms with Gasteiger partial charge < -0.3 is 4.74 Å². The minimum atomic E-state index is -0.554. The third-order valence-electron chi connectivity index (χ3n) is 7.21. The summed E-state index contributed by atoms with van der Waals surface area (Å²) in [4.78, 5) is 0. The van der Waals surface area contributed by atoms with Crippen molar-refractivity contribution in [2.75, 3.05) is 6.61 Å². The number of unbranched alkanes of at least 4 members (excludes halogenated alkanes) is 2. The van der Waals surface area contributed by atoms with E-state index in [1.165, 1.54) is 56.3 Å². The van der Waals surface area contributed by atoms with E-state index in [-0.39, 0.29) is 14.4 Å². The highest BCUT2D eigenvalue weighted by atomic mass is 28.3. The van der Waals surface area contributed by atoms with Crippen LogP contribution in [0.15, 0.2) is 18.2 Å². The standard InChI is InChI=1S/C23H36FNOSi2/c1-2-3-4-11-27-12-9-22(10-13-27)28-14-7-19(8-15-28)18-26-21-6-5-20(17-25)23(24)16-21/h5-6,16,19,22,27-28H,2-4,7-15,18H2,1H3/t19-,22-,27-,28-. The predicted octanol–water partition coefficient (Wildman–Crippen LogP) is 6.29. The summed E-state index contributed by atoms with van der Waals surface area (Å²) in [5.74, 6) is 0.703. The van der Waals surface area contributed by atoms with Crippen molar-refractivity contribution in [2.24, 2.45) is 5.92 Å². The molecule has 3 rings (SSSR count). The zero-order chi connectivity index (χ0) is 19.8. The van der Waals surface area contributed by atoms with Gasteiger partial charge in [0.15, 0.2) is 0 Å². The van der Waals surface area contributed by atoms with Crippen LogP contribution in [0.2, 0.25) is 35.8 Å². The summed E-state index contributed by atoms with van der Waals surface area (Å²) >= 11 is 0. The molecular weight excluding hydrogens is 381 g/mol. The fraction of sp³-hybridized carbons (Fsp3) is 0.696. The normalized spacial score (nSPS) is 27.9. The molecule has 0 radical (unpaired) electrons. The Morgan fingerprint density at radius 2 is 1.86 bits per heavy atom. The van der Waals surface area contributed by atoms with Gasteiger partial charge in [-0.2, -0.15) is 5.26 Å². The molecule has 0 saturated carbocycles. The van der Waals surface area contributed by atoms with E-state index in [0.717, 1.165) is 5.54 Å². The fourth-order valence-corrected chi connectivity index (χ4v) is 14.0. The van der Waals surface area contributed by atoms with Gasteiger partial charge in [-0.25, -0.2) is 4.39 Å². The lowest BCUT2D eigenvalue weighted by molar-refractivity contribution is 0.235. The van der Waals surface area contributed by atoms with Crippen molar-refractivity contribution in [2.45, 2.75) is 87.6 Å². The molecule has 2 aliphatic rings. The Kier molecular flexibility index (Phi) is 8.60. The summed E-state index contributed by atoms with van der Waals surface area (Å²) in [5, 5.41) is 8.81. The predicted molar refractivity (Wildman–Crippen MR) is 120 cm³/mol. The van der Waals surface area contributed by atoms with Crippen molar-refractivity contribution >= 4 is 17.6 Å². The third kappa shape index (κ3) is 6.19. The topological polar surface area (TPSA) is 33.0 Å². The monoisotopic (exact) mass is 417 g/mol. The van der Waals surface area contributed by atoms with Gasteiger partial charge in [-0.15, -0.1) is 0 Å². The lowest BCUT2D eigenvalue weighted by atomic mass is 10.0. The molecule has 2 saturated heterocycles. The van der Waals surface area contributed by atoms with E-state index in [0.29, 0.717) is 18.3 Å². The molecule has 28 heavy (non-hydrogen) atoms. The van der Waals surface area contributed by atoms with E-state index >= 15 is 0 Å². The van der Waals surface area contributed by atoms with Crippen LogP contribution in [0.1, 0.15) is 57.4 Å². The first-order chi connectivity index (χ1) is 13.7. The summed E-state index contributed by atoms with van der Waals surface area (Å²) in [7, 11) is -0.922. The quantitative estimate of drug-likeness (QED) is 0.367. The maximum Gasteiger partial charge on any atom is 0.144 e. The third-order valence-corrected chi connectivity index (χ3v) is 14.9. The molecule has 0 spiro atoms. The van der Waals surface area contributed by atoms with Gasteiger partial charge in [0.05, 0.1) is 12.2 Å². The smallest absolute Gasteiger partial charge is 0.144 e. The SMILES string of the molecule is CCCCC[Si@H]1CC[C@H]([Si@H]2CC[C@H](COc3ccc(C#N)c(F)c3)CC2)CC1. The zero-order valence-electron chi connectivity index (χ0n) is 17.5. The maximum absolute atomic E-state index is 13.7. The van der Waals surface area contributed by atoms with Gasteiger partial charge >= 0.3 is 0 Å². The molecule has 0 atom stereocenters. The van der Waals surface area contributed by atoms with E-state index in [4.69, 9.17) is 10.00 Å². The number of halogens is 1. The number of hydrogen-bond acceptors (Lipinski definition) is 2. The Hall–Kier alpha value is -1.13. The Morgan fingerprint density at radius 1 is 1.11 bits per heavy atom. The summed E-state index contributed by atoms with van der Waals surface area (Å²) in [6.45, 7) is 3.01. The fourth-order valence-electron chi connectivity index (χ4n) is 5.35. The van der Waals surface area contributed by atoms with E-state index in [9.17, 15) is 4.39 Å². The molecule has 0 unspecified atom stereocenters. The van der Waals surface area contributed by atoms with Crippen molar-refractivity contribution in [1.82, 2.24) is 0 Å². The largest absolute Gasteiger partial charge is 0.493 e. The van der Waals surface area contributed by atoms with Crippen LogP contribution in [0.5, 0.6) is 5.75 Å². The molecule has 154 valence electrons. The molecule has 1 aromatic rings. The Labute approximate surface area is 173 Å². The number of hydrogen-bond donors (Lipinski definition) is 0. The molecule has 2 aliphatic heterocycles. The molecule has 0 N–H and O–H groups in total. The molecule has 5 heteroatoms. The second kappa shape index (κ2) is 11.2. The molecule has 2 fully saturated rings. The zero-order valence-corrected chi connectivity index (χ0v) is 19.8. The summed E-state index contributed by atoms with van der Waals surface area (Å²) < 4.78 is 19.5. The van der Waals surface area contributed by atoms with Crippen LogP contribution in [0.3, 0.4) is 0 Å². The Bertz CT molecular complexity index is 646. The van der Waals surface area contributed by atoms with Crippen molar-refractivity contribution in [1.29, 1.82) is 5.26 Å². The first-order valence-electron chi connectivity index (χ1n) is 11.5. The molecular formula is C23H36FNOSi2. The maximum atomic E-state index is 13.7. The van der Waals surface area contributed by atoms with Crippen molar-refractivity contribution in [3.63, 3.8) is 0 Å². The summed E-state index contributed by atoms with van der Waals surface area (Å²) in [5.41, 5.74) is 1.21. The van der Waals surface area contributed by atoms with Crippen molar-refractivity contribution in [3.05, 3.63) is 29.6 Å². The molecule has 0 amide bonds. The number of ether oxygens (including phenoxy) is 1. The van der Waals surface area contributed by atoms with Gasteiger partial charge in [0, 0.05) is 23.7 Å². The second-order valence-corrected chi connectivity index (χ2v) is 16.2. The van der Waals surface area contributed by atoms with Crippen LogP contribution in [0.4, 0.5) is 4.39 Å². The van der Waals surface area contributed by atoms with Gasteiger partial charge in [0.25, 0.3) is 0 Å². The number of nitriles is 1. The molecule has 1 aromatic carbocycles. The Balaban J connectivity index is 1.35. The molecule has 2 nitrogen and oxygen atoms in total. The first kappa shape index (κ1) is 21.6. The minimum Gasteiger partial charge on any atom is -0.493 e. The minimum absolute atomic E-state index is 0.0852. The molecule has 2 heterocycles. The lowest BCUT2D eigenvalue weighted by Crippen LogP contribution is -2.32. The molecule has 0 aliphatic carbocycles. The van der Waals surface area contributed by atoms with E-state index in [1.807, 2.05) is 6.07 Å². The lowest BCUT2D eigenvalue weighted by Gasteiger charge is -2.36. The van der Waals surface area contributed by atoms with Crippen LogP contribution in [0, 0.1) is 23.1 Å². The van der Waals surface area contributed by atoms with E-state index < -0.39 is 14.6 Å². The molecule has 0 bridgehead atoms. The first-order valence-corrected chi connectivity index (χ1v) is 16.3. The number of rotatable bonds is 8. The highest BCUT2D eigenvalue weighted by Crippen LogP contribution is 2.40. The number of nitrogens with zero attached hydrogens (tertiary/aromatic N) is 1. The average Bonchev–Trinajstić information content (AvgIpc) is 2.73. The molecule has 0 aromatic heterocycles. The van der Waals surface area contributed by atoms with Crippen LogP contribution in [-0.4, -0.2) is 24.2 Å². The van der Waals surface area contributed by atoms with Crippen molar-refractivity contribution in [3.8, 4) is 11.8 Å². The second-order valence-electron chi connectivity index (χ2n) is 9.12. The summed E-state index contributed by atoms with van der Waals surface area (Å²) in [6, 6.07) is 14.3. The number of benzene rings is 1. The van der Waals surface area contributed by atoms with Gasteiger partial charge in [-0.1, -0.05) is 69.2 Å².